The molecule has 0 fully saturated rings. The highest BCUT2D eigenvalue weighted by molar-refractivity contribution is 5.39. The summed E-state index contributed by atoms with van der Waals surface area (Å²) < 4.78 is 41.5. The second-order valence-corrected chi connectivity index (χ2v) is 4.80. The second kappa shape index (κ2) is 5.61. The van der Waals surface area contributed by atoms with Crippen molar-refractivity contribution in [3.8, 4) is 5.75 Å². The molecule has 1 aromatic rings. The van der Waals surface area contributed by atoms with E-state index in [2.05, 4.69) is 5.32 Å². The number of methoxy groups -OCH3 is 1. The number of hydrogen-bond donors (Lipinski definition) is 1. The molecule has 0 aliphatic carbocycles. The molecule has 0 aromatic heterocycles. The minimum atomic E-state index is -4.18. The number of para-hydroxylation sites is 1. The SMILES string of the molecule is COc1ccccc1C(C)(C)CNCC(F)(F)F. The van der Waals surface area contributed by atoms with Gasteiger partial charge in [-0.2, -0.15) is 13.2 Å². The molecule has 102 valence electrons. The molecule has 1 rings (SSSR count). The Morgan fingerprint density at radius 1 is 1.11 bits per heavy atom. The van der Waals surface area contributed by atoms with Crippen LogP contribution < -0.4 is 10.1 Å². The van der Waals surface area contributed by atoms with Gasteiger partial charge in [-0.3, -0.25) is 0 Å². The minimum Gasteiger partial charge on any atom is -0.496 e. The van der Waals surface area contributed by atoms with Crippen LogP contribution in [0.25, 0.3) is 0 Å². The van der Waals surface area contributed by atoms with Crippen LogP contribution in [0.3, 0.4) is 0 Å². The second-order valence-electron chi connectivity index (χ2n) is 4.80. The average Bonchev–Trinajstić information content (AvgIpc) is 2.27. The van der Waals surface area contributed by atoms with Crippen LogP contribution in [0, 0.1) is 0 Å². The summed E-state index contributed by atoms with van der Waals surface area (Å²) in [6, 6.07) is 7.36. The van der Waals surface area contributed by atoms with E-state index in [4.69, 9.17) is 4.74 Å². The van der Waals surface area contributed by atoms with Crippen molar-refractivity contribution in [1.29, 1.82) is 0 Å². The molecule has 2 nitrogen and oxygen atoms in total. The maximum atomic E-state index is 12.1. The molecular formula is C13H18F3NO. The van der Waals surface area contributed by atoms with Crippen molar-refractivity contribution in [3.05, 3.63) is 29.8 Å². The fourth-order valence-corrected chi connectivity index (χ4v) is 1.82. The van der Waals surface area contributed by atoms with Gasteiger partial charge >= 0.3 is 6.18 Å². The van der Waals surface area contributed by atoms with E-state index in [1.807, 2.05) is 32.0 Å². The molecule has 0 radical (unpaired) electrons. The number of nitrogens with one attached hydrogen (secondary N) is 1. The third kappa shape index (κ3) is 4.22. The van der Waals surface area contributed by atoms with Crippen LogP contribution in [0.4, 0.5) is 13.2 Å². The summed E-state index contributed by atoms with van der Waals surface area (Å²) in [5, 5.41) is 2.43. The molecule has 0 aliphatic rings. The van der Waals surface area contributed by atoms with E-state index in [-0.39, 0.29) is 6.54 Å². The summed E-state index contributed by atoms with van der Waals surface area (Å²) in [6.07, 6.45) is -4.18. The van der Waals surface area contributed by atoms with Gasteiger partial charge in [0.1, 0.15) is 5.75 Å². The summed E-state index contributed by atoms with van der Waals surface area (Å²) in [7, 11) is 1.55. The molecule has 0 aliphatic heterocycles. The Kier molecular flexibility index (Phi) is 4.62. The van der Waals surface area contributed by atoms with Gasteiger partial charge in [-0.1, -0.05) is 32.0 Å². The zero-order chi connectivity index (χ0) is 13.8. The van der Waals surface area contributed by atoms with E-state index in [0.717, 1.165) is 5.56 Å². The molecule has 0 saturated carbocycles. The van der Waals surface area contributed by atoms with Gasteiger partial charge in [0.25, 0.3) is 0 Å². The van der Waals surface area contributed by atoms with Gasteiger partial charge in [0.15, 0.2) is 0 Å². The standard InChI is InChI=1S/C13H18F3NO/c1-12(2,8-17-9-13(14,15)16)10-6-4-5-7-11(10)18-3/h4-7,17H,8-9H2,1-3H3. The Morgan fingerprint density at radius 2 is 1.72 bits per heavy atom. The Hall–Kier alpha value is -1.23. The lowest BCUT2D eigenvalue weighted by molar-refractivity contribution is -0.125. The van der Waals surface area contributed by atoms with Gasteiger partial charge in [0.05, 0.1) is 13.7 Å². The van der Waals surface area contributed by atoms with Crippen molar-refractivity contribution >= 4 is 0 Å². The predicted octanol–water partition coefficient (Wildman–Crippen LogP) is 3.12. The summed E-state index contributed by atoms with van der Waals surface area (Å²) in [6.45, 7) is 3.01. The highest BCUT2D eigenvalue weighted by Crippen LogP contribution is 2.30. The largest absolute Gasteiger partial charge is 0.496 e. The predicted molar refractivity (Wildman–Crippen MR) is 64.9 cm³/mol. The van der Waals surface area contributed by atoms with Crippen molar-refractivity contribution in [2.45, 2.75) is 25.4 Å². The van der Waals surface area contributed by atoms with E-state index >= 15 is 0 Å². The molecule has 5 heteroatoms. The van der Waals surface area contributed by atoms with Crippen LogP contribution >= 0.6 is 0 Å². The van der Waals surface area contributed by atoms with Crippen LogP contribution in [-0.2, 0) is 5.41 Å². The van der Waals surface area contributed by atoms with E-state index in [1.54, 1.807) is 13.2 Å². The summed E-state index contributed by atoms with van der Waals surface area (Å²) >= 11 is 0. The highest BCUT2D eigenvalue weighted by Gasteiger charge is 2.29. The monoisotopic (exact) mass is 261 g/mol. The Labute approximate surface area is 105 Å². The maximum Gasteiger partial charge on any atom is 0.401 e. The van der Waals surface area contributed by atoms with Crippen LogP contribution in [0.15, 0.2) is 24.3 Å². The minimum absolute atomic E-state index is 0.229. The van der Waals surface area contributed by atoms with Gasteiger partial charge in [-0.05, 0) is 6.07 Å². The van der Waals surface area contributed by atoms with Crippen LogP contribution in [-0.4, -0.2) is 26.4 Å². The molecule has 0 spiro atoms. The van der Waals surface area contributed by atoms with Crippen molar-refractivity contribution in [3.63, 3.8) is 0 Å². The first-order chi connectivity index (χ1) is 8.26. The number of alkyl halides is 3. The van der Waals surface area contributed by atoms with Gasteiger partial charge in [0, 0.05) is 17.5 Å². The quantitative estimate of drug-likeness (QED) is 0.879. The lowest BCUT2D eigenvalue weighted by Gasteiger charge is -2.27. The van der Waals surface area contributed by atoms with Gasteiger partial charge in [0.2, 0.25) is 0 Å². The highest BCUT2D eigenvalue weighted by atomic mass is 19.4. The summed E-state index contributed by atoms with van der Waals surface area (Å²) in [5.74, 6) is 0.691. The maximum absolute atomic E-state index is 12.1. The van der Waals surface area contributed by atoms with E-state index in [9.17, 15) is 13.2 Å². The summed E-state index contributed by atoms with van der Waals surface area (Å²) in [5.41, 5.74) is 0.458. The number of halogens is 3. The number of benzene rings is 1. The molecule has 18 heavy (non-hydrogen) atoms. The molecule has 0 bridgehead atoms. The third-order valence-corrected chi connectivity index (χ3v) is 2.73. The number of ether oxygens (including phenoxy) is 1. The fourth-order valence-electron chi connectivity index (χ4n) is 1.82. The lowest BCUT2D eigenvalue weighted by atomic mass is 9.84. The summed E-state index contributed by atoms with van der Waals surface area (Å²) in [4.78, 5) is 0. The van der Waals surface area contributed by atoms with Crippen molar-refractivity contribution in [1.82, 2.24) is 5.32 Å². The van der Waals surface area contributed by atoms with E-state index < -0.39 is 18.1 Å². The molecule has 1 aromatic carbocycles. The van der Waals surface area contributed by atoms with Crippen molar-refractivity contribution in [2.24, 2.45) is 0 Å². The van der Waals surface area contributed by atoms with E-state index in [1.165, 1.54) is 0 Å². The molecule has 0 atom stereocenters. The number of hydrogen-bond acceptors (Lipinski definition) is 2. The lowest BCUT2D eigenvalue weighted by Crippen LogP contribution is -2.38. The fraction of sp³-hybridized carbons (Fsp3) is 0.538. The first-order valence-corrected chi connectivity index (χ1v) is 5.67. The van der Waals surface area contributed by atoms with E-state index in [0.29, 0.717) is 5.75 Å². The van der Waals surface area contributed by atoms with Crippen LogP contribution in [0.5, 0.6) is 5.75 Å². The Balaban J connectivity index is 2.73. The average molecular weight is 261 g/mol. The van der Waals surface area contributed by atoms with Gasteiger partial charge in [-0.25, -0.2) is 0 Å². The van der Waals surface area contributed by atoms with Crippen LogP contribution in [0.1, 0.15) is 19.4 Å². The Morgan fingerprint density at radius 3 is 2.28 bits per heavy atom. The zero-order valence-electron chi connectivity index (χ0n) is 10.8. The van der Waals surface area contributed by atoms with Crippen LogP contribution in [0.2, 0.25) is 0 Å². The number of rotatable bonds is 5. The van der Waals surface area contributed by atoms with Crippen molar-refractivity contribution < 1.29 is 17.9 Å². The van der Waals surface area contributed by atoms with Gasteiger partial charge < -0.3 is 10.1 Å². The molecule has 0 saturated heterocycles. The smallest absolute Gasteiger partial charge is 0.401 e. The molecule has 0 heterocycles. The third-order valence-electron chi connectivity index (χ3n) is 2.73. The zero-order valence-corrected chi connectivity index (χ0v) is 10.8. The topological polar surface area (TPSA) is 21.3 Å². The molecular weight excluding hydrogens is 243 g/mol. The molecule has 0 amide bonds. The Bertz CT molecular complexity index is 388. The molecule has 0 unspecified atom stereocenters. The van der Waals surface area contributed by atoms with Crippen molar-refractivity contribution in [2.75, 3.05) is 20.2 Å². The first-order valence-electron chi connectivity index (χ1n) is 5.67. The van der Waals surface area contributed by atoms with Gasteiger partial charge in [-0.15, -0.1) is 0 Å². The normalized spacial score (nSPS) is 12.6. The molecule has 1 N–H and O–H groups in total. The first kappa shape index (κ1) is 14.8.